The Morgan fingerprint density at radius 1 is 1.05 bits per heavy atom. The van der Waals surface area contributed by atoms with Gasteiger partial charge in [0.15, 0.2) is 0 Å². The van der Waals surface area contributed by atoms with E-state index in [2.05, 4.69) is 29.2 Å². The molecule has 2 heteroatoms. The summed E-state index contributed by atoms with van der Waals surface area (Å²) < 4.78 is 0. The van der Waals surface area contributed by atoms with Crippen LogP contribution in [0.1, 0.15) is 44.1 Å². The first-order valence-electron chi connectivity index (χ1n) is 7.95. The summed E-state index contributed by atoms with van der Waals surface area (Å²) in [5.41, 5.74) is 8.67. The highest BCUT2D eigenvalue weighted by Gasteiger charge is 2.33. The molecule has 1 aromatic carbocycles. The third-order valence-electron chi connectivity index (χ3n) is 4.96. The second-order valence-electron chi connectivity index (χ2n) is 6.11. The topological polar surface area (TPSA) is 29.3 Å². The van der Waals surface area contributed by atoms with Gasteiger partial charge in [-0.2, -0.15) is 0 Å². The molecule has 0 bridgehead atoms. The number of nitrogens with zero attached hydrogens (tertiary/aromatic N) is 1. The summed E-state index contributed by atoms with van der Waals surface area (Å²) >= 11 is 0. The Kier molecular flexibility index (Phi) is 4.07. The fourth-order valence-corrected chi connectivity index (χ4v) is 4.08. The van der Waals surface area contributed by atoms with Crippen molar-refractivity contribution in [2.75, 3.05) is 18.0 Å². The molecule has 2 fully saturated rings. The molecule has 104 valence electrons. The quantitative estimate of drug-likeness (QED) is 0.897. The molecule has 19 heavy (non-hydrogen) atoms. The van der Waals surface area contributed by atoms with Crippen molar-refractivity contribution in [3.8, 4) is 0 Å². The summed E-state index contributed by atoms with van der Waals surface area (Å²) in [5.74, 6) is 0.938. The third-order valence-corrected chi connectivity index (χ3v) is 4.96. The van der Waals surface area contributed by atoms with Gasteiger partial charge in [-0.25, -0.2) is 0 Å². The van der Waals surface area contributed by atoms with E-state index in [1.807, 2.05) is 0 Å². The summed E-state index contributed by atoms with van der Waals surface area (Å²) in [6, 6.07) is 9.68. The van der Waals surface area contributed by atoms with Gasteiger partial charge in [-0.05, 0) is 56.2 Å². The lowest BCUT2D eigenvalue weighted by Gasteiger charge is -2.33. The second kappa shape index (κ2) is 5.96. The van der Waals surface area contributed by atoms with Crippen LogP contribution >= 0.6 is 0 Å². The summed E-state index contributed by atoms with van der Waals surface area (Å²) in [6.07, 6.45) is 9.53. The Hall–Kier alpha value is -1.02. The van der Waals surface area contributed by atoms with Gasteiger partial charge < -0.3 is 10.6 Å². The molecule has 2 N–H and O–H groups in total. The average Bonchev–Trinajstić information content (AvgIpc) is 3.10. The summed E-state index contributed by atoms with van der Waals surface area (Å²) in [5, 5.41) is 0. The third kappa shape index (κ3) is 2.64. The molecule has 1 aliphatic carbocycles. The van der Waals surface area contributed by atoms with Crippen LogP contribution in [0.5, 0.6) is 0 Å². The zero-order chi connectivity index (χ0) is 13.1. The van der Waals surface area contributed by atoms with Gasteiger partial charge in [0.2, 0.25) is 0 Å². The van der Waals surface area contributed by atoms with Crippen molar-refractivity contribution in [2.24, 2.45) is 11.7 Å². The molecule has 0 amide bonds. The van der Waals surface area contributed by atoms with Crippen LogP contribution in [0.2, 0.25) is 0 Å². The summed E-state index contributed by atoms with van der Waals surface area (Å²) in [4.78, 5) is 2.70. The molecule has 2 aliphatic rings. The molecule has 2 nitrogen and oxygen atoms in total. The van der Waals surface area contributed by atoms with Crippen LogP contribution < -0.4 is 10.6 Å². The van der Waals surface area contributed by atoms with Crippen molar-refractivity contribution < 1.29 is 0 Å². The van der Waals surface area contributed by atoms with Gasteiger partial charge in [0.05, 0.1) is 0 Å². The number of benzene rings is 1. The molecule has 1 heterocycles. The van der Waals surface area contributed by atoms with E-state index in [9.17, 15) is 0 Å². The van der Waals surface area contributed by atoms with Gasteiger partial charge in [-0.3, -0.25) is 0 Å². The van der Waals surface area contributed by atoms with E-state index in [4.69, 9.17) is 5.73 Å². The molecule has 0 radical (unpaired) electrons. The predicted molar refractivity (Wildman–Crippen MR) is 81.5 cm³/mol. The van der Waals surface area contributed by atoms with Gasteiger partial charge in [-0.1, -0.05) is 31.0 Å². The number of anilines is 1. The van der Waals surface area contributed by atoms with Crippen LogP contribution in [-0.4, -0.2) is 19.1 Å². The molecule has 0 spiro atoms. The van der Waals surface area contributed by atoms with Gasteiger partial charge in [0, 0.05) is 18.3 Å². The summed E-state index contributed by atoms with van der Waals surface area (Å²) in [6.45, 7) is 1.99. The van der Waals surface area contributed by atoms with Crippen LogP contribution in [0.3, 0.4) is 0 Å². The molecule has 1 atom stereocenters. The van der Waals surface area contributed by atoms with Gasteiger partial charge in [0.25, 0.3) is 0 Å². The SMILES string of the molecule is NCCc1ccccc1N1CCCC1C1CCCC1. The normalized spacial score (nSPS) is 24.3. The highest BCUT2D eigenvalue weighted by atomic mass is 15.2. The Morgan fingerprint density at radius 3 is 2.63 bits per heavy atom. The second-order valence-corrected chi connectivity index (χ2v) is 6.11. The first-order chi connectivity index (χ1) is 9.40. The molecular weight excluding hydrogens is 232 g/mol. The van der Waals surface area contributed by atoms with E-state index in [1.54, 1.807) is 0 Å². The van der Waals surface area contributed by atoms with Crippen LogP contribution in [0.4, 0.5) is 5.69 Å². The van der Waals surface area contributed by atoms with Crippen molar-refractivity contribution in [1.82, 2.24) is 0 Å². The van der Waals surface area contributed by atoms with Crippen LogP contribution in [-0.2, 0) is 6.42 Å². The standard InChI is InChI=1S/C17H26N2/c18-12-11-15-8-3-4-9-16(15)19-13-5-10-17(19)14-6-1-2-7-14/h3-4,8-9,14,17H,1-2,5-7,10-13,18H2. The number of rotatable bonds is 4. The maximum Gasteiger partial charge on any atom is 0.0401 e. The Bertz CT molecular complexity index is 409. The molecule has 1 unspecified atom stereocenters. The zero-order valence-corrected chi connectivity index (χ0v) is 11.9. The monoisotopic (exact) mass is 258 g/mol. The number of para-hydroxylation sites is 1. The van der Waals surface area contributed by atoms with Gasteiger partial charge in [0.1, 0.15) is 0 Å². The number of nitrogens with two attached hydrogens (primary N) is 1. The number of hydrogen-bond donors (Lipinski definition) is 1. The van der Waals surface area contributed by atoms with Crippen molar-refractivity contribution in [1.29, 1.82) is 0 Å². The van der Waals surface area contributed by atoms with Crippen LogP contribution in [0.25, 0.3) is 0 Å². The average molecular weight is 258 g/mol. The maximum atomic E-state index is 5.77. The van der Waals surface area contributed by atoms with Crippen LogP contribution in [0, 0.1) is 5.92 Å². The lowest BCUT2D eigenvalue weighted by molar-refractivity contribution is 0.430. The largest absolute Gasteiger partial charge is 0.368 e. The Labute approximate surface area is 117 Å². The molecule has 0 aromatic heterocycles. The first-order valence-corrected chi connectivity index (χ1v) is 7.95. The van der Waals surface area contributed by atoms with E-state index in [0.717, 1.165) is 24.9 Å². The molecule has 3 rings (SSSR count). The minimum absolute atomic E-state index is 0.749. The molecular formula is C17H26N2. The zero-order valence-electron chi connectivity index (χ0n) is 11.9. The van der Waals surface area contributed by atoms with E-state index < -0.39 is 0 Å². The molecule has 1 aromatic rings. The van der Waals surface area contributed by atoms with Crippen molar-refractivity contribution in [3.63, 3.8) is 0 Å². The van der Waals surface area contributed by atoms with E-state index in [1.165, 1.54) is 56.3 Å². The Balaban J connectivity index is 1.83. The van der Waals surface area contributed by atoms with Gasteiger partial charge in [-0.15, -0.1) is 0 Å². The Morgan fingerprint density at radius 2 is 1.84 bits per heavy atom. The smallest absolute Gasteiger partial charge is 0.0401 e. The fourth-order valence-electron chi connectivity index (χ4n) is 4.08. The van der Waals surface area contributed by atoms with Crippen LogP contribution in [0.15, 0.2) is 24.3 Å². The molecule has 1 saturated heterocycles. The van der Waals surface area contributed by atoms with E-state index >= 15 is 0 Å². The highest BCUT2D eigenvalue weighted by molar-refractivity contribution is 5.55. The summed E-state index contributed by atoms with van der Waals surface area (Å²) in [7, 11) is 0. The first kappa shape index (κ1) is 13.0. The number of hydrogen-bond acceptors (Lipinski definition) is 2. The lowest BCUT2D eigenvalue weighted by atomic mass is 9.95. The molecule has 1 saturated carbocycles. The van der Waals surface area contributed by atoms with E-state index in [0.29, 0.717) is 0 Å². The lowest BCUT2D eigenvalue weighted by Crippen LogP contribution is -2.35. The fraction of sp³-hybridized carbons (Fsp3) is 0.647. The highest BCUT2D eigenvalue weighted by Crippen LogP contribution is 2.38. The predicted octanol–water partition coefficient (Wildman–Crippen LogP) is 3.35. The molecule has 1 aliphatic heterocycles. The van der Waals surface area contributed by atoms with Gasteiger partial charge >= 0.3 is 0 Å². The van der Waals surface area contributed by atoms with Crippen molar-refractivity contribution in [2.45, 2.75) is 51.0 Å². The minimum atomic E-state index is 0.749. The minimum Gasteiger partial charge on any atom is -0.368 e. The maximum absolute atomic E-state index is 5.77. The van der Waals surface area contributed by atoms with Crippen molar-refractivity contribution >= 4 is 5.69 Å². The van der Waals surface area contributed by atoms with Crippen molar-refractivity contribution in [3.05, 3.63) is 29.8 Å². The van der Waals surface area contributed by atoms with E-state index in [-0.39, 0.29) is 0 Å².